The van der Waals surface area contributed by atoms with Gasteiger partial charge in [0.1, 0.15) is 0 Å². The number of rotatable bonds is 1. The van der Waals surface area contributed by atoms with Crippen molar-refractivity contribution in [3.05, 3.63) is 35.4 Å². The van der Waals surface area contributed by atoms with Gasteiger partial charge in [-0.05, 0) is 43.7 Å². The van der Waals surface area contributed by atoms with Gasteiger partial charge in [-0.3, -0.25) is 0 Å². The number of hydrogen-bond donors (Lipinski definition) is 1. The van der Waals surface area contributed by atoms with E-state index in [1.54, 1.807) is 5.56 Å². The van der Waals surface area contributed by atoms with Crippen molar-refractivity contribution in [3.63, 3.8) is 0 Å². The first kappa shape index (κ1) is 8.49. The van der Waals surface area contributed by atoms with Gasteiger partial charge in [0.05, 0.1) is 0 Å². The third-order valence-electron chi connectivity index (χ3n) is 3.94. The van der Waals surface area contributed by atoms with Crippen LogP contribution < -0.4 is 5.32 Å². The maximum absolute atomic E-state index is 3.56. The molecule has 3 fully saturated rings. The van der Waals surface area contributed by atoms with Crippen molar-refractivity contribution in [3.8, 4) is 0 Å². The van der Waals surface area contributed by atoms with E-state index < -0.39 is 0 Å². The molecule has 0 amide bonds. The maximum atomic E-state index is 3.56. The van der Waals surface area contributed by atoms with Gasteiger partial charge in [0.2, 0.25) is 0 Å². The summed E-state index contributed by atoms with van der Waals surface area (Å²) >= 11 is 0. The third-order valence-corrected chi connectivity index (χ3v) is 3.94. The van der Waals surface area contributed by atoms with E-state index in [4.69, 9.17) is 0 Å². The Kier molecular flexibility index (Phi) is 1.72. The monoisotopic (exact) mass is 187 g/mol. The van der Waals surface area contributed by atoms with E-state index in [1.807, 2.05) is 0 Å². The molecule has 1 saturated carbocycles. The summed E-state index contributed by atoms with van der Waals surface area (Å²) < 4.78 is 0. The number of nitrogens with one attached hydrogen (secondary N) is 1. The van der Waals surface area contributed by atoms with Crippen molar-refractivity contribution in [2.45, 2.75) is 37.6 Å². The molecule has 1 aliphatic carbocycles. The minimum atomic E-state index is 0.544. The lowest BCUT2D eigenvalue weighted by atomic mass is 9.57. The van der Waals surface area contributed by atoms with E-state index in [-0.39, 0.29) is 0 Å². The fourth-order valence-electron chi connectivity index (χ4n) is 3.10. The van der Waals surface area contributed by atoms with Crippen LogP contribution in [0.15, 0.2) is 24.3 Å². The summed E-state index contributed by atoms with van der Waals surface area (Å²) in [7, 11) is 0. The molecule has 1 N–H and O–H groups in total. The Morgan fingerprint density at radius 2 is 2.21 bits per heavy atom. The summed E-state index contributed by atoms with van der Waals surface area (Å²) in [5.41, 5.74) is 3.52. The maximum Gasteiger partial charge on any atom is 0.00840 e. The van der Waals surface area contributed by atoms with Crippen molar-refractivity contribution >= 4 is 0 Å². The Morgan fingerprint density at radius 1 is 1.36 bits per heavy atom. The molecular formula is C13H17N. The van der Waals surface area contributed by atoms with Crippen molar-refractivity contribution in [2.24, 2.45) is 0 Å². The van der Waals surface area contributed by atoms with E-state index >= 15 is 0 Å². The van der Waals surface area contributed by atoms with Crippen LogP contribution in [0.3, 0.4) is 0 Å². The molecular weight excluding hydrogens is 170 g/mol. The first-order valence-corrected chi connectivity index (χ1v) is 5.59. The van der Waals surface area contributed by atoms with Crippen LogP contribution in [0.1, 0.15) is 30.4 Å². The zero-order valence-corrected chi connectivity index (χ0v) is 8.72. The Labute approximate surface area is 85.5 Å². The van der Waals surface area contributed by atoms with Crippen molar-refractivity contribution < 1.29 is 0 Å². The van der Waals surface area contributed by atoms with Crippen molar-refractivity contribution in [2.75, 3.05) is 6.54 Å². The highest BCUT2D eigenvalue weighted by molar-refractivity contribution is 5.34. The minimum absolute atomic E-state index is 0.544. The summed E-state index contributed by atoms with van der Waals surface area (Å²) in [4.78, 5) is 0. The highest BCUT2D eigenvalue weighted by Gasteiger charge is 2.47. The smallest absolute Gasteiger partial charge is 0.00840 e. The molecule has 1 nitrogen and oxygen atoms in total. The van der Waals surface area contributed by atoms with Crippen LogP contribution in [-0.2, 0) is 5.41 Å². The summed E-state index contributed by atoms with van der Waals surface area (Å²) in [6, 6.07) is 9.90. The van der Waals surface area contributed by atoms with Crippen LogP contribution in [-0.4, -0.2) is 12.6 Å². The van der Waals surface area contributed by atoms with Crippen LogP contribution in [0.25, 0.3) is 0 Å². The predicted molar refractivity (Wildman–Crippen MR) is 58.5 cm³/mol. The lowest BCUT2D eigenvalue weighted by molar-refractivity contribution is 0.110. The van der Waals surface area contributed by atoms with E-state index in [2.05, 4.69) is 36.5 Å². The number of hydrogen-bond acceptors (Lipinski definition) is 1. The lowest BCUT2D eigenvalue weighted by Gasteiger charge is -2.53. The van der Waals surface area contributed by atoms with Gasteiger partial charge in [-0.2, -0.15) is 0 Å². The molecule has 0 spiro atoms. The quantitative estimate of drug-likeness (QED) is 0.712. The van der Waals surface area contributed by atoms with Crippen LogP contribution in [0.4, 0.5) is 0 Å². The Morgan fingerprint density at radius 3 is 2.86 bits per heavy atom. The fourth-order valence-corrected chi connectivity index (χ4v) is 3.10. The molecule has 1 aromatic rings. The van der Waals surface area contributed by atoms with Crippen LogP contribution in [0.2, 0.25) is 0 Å². The van der Waals surface area contributed by atoms with Gasteiger partial charge in [-0.25, -0.2) is 0 Å². The number of benzene rings is 1. The second-order valence-electron chi connectivity index (χ2n) is 4.96. The molecule has 3 aliphatic rings. The van der Waals surface area contributed by atoms with Crippen LogP contribution in [0, 0.1) is 6.92 Å². The second kappa shape index (κ2) is 2.83. The predicted octanol–water partition coefficient (Wildman–Crippen LogP) is 2.39. The molecule has 74 valence electrons. The number of fused-ring (bicyclic) bond motifs is 2. The average molecular weight is 187 g/mol. The summed E-state index contributed by atoms with van der Waals surface area (Å²) in [5.74, 6) is 0. The number of aryl methyl sites for hydroxylation is 1. The highest BCUT2D eigenvalue weighted by atomic mass is 15.0. The number of piperidine rings is 2. The van der Waals surface area contributed by atoms with E-state index in [9.17, 15) is 0 Å². The van der Waals surface area contributed by atoms with Gasteiger partial charge in [0.15, 0.2) is 0 Å². The summed E-state index contributed by atoms with van der Waals surface area (Å²) in [6.07, 6.45) is 4.04. The average Bonchev–Trinajstić information content (AvgIpc) is 2.17. The van der Waals surface area contributed by atoms with Gasteiger partial charge < -0.3 is 5.32 Å². The third kappa shape index (κ3) is 1.12. The normalized spacial score (nSPS) is 35.1. The fraction of sp³-hybridized carbons (Fsp3) is 0.538. The Balaban J connectivity index is 1.95. The van der Waals surface area contributed by atoms with Crippen molar-refractivity contribution in [1.29, 1.82) is 0 Å². The second-order valence-corrected chi connectivity index (χ2v) is 4.96. The molecule has 2 bridgehead atoms. The summed E-state index contributed by atoms with van der Waals surface area (Å²) in [6.45, 7) is 3.40. The topological polar surface area (TPSA) is 12.0 Å². The van der Waals surface area contributed by atoms with Crippen LogP contribution in [0.5, 0.6) is 0 Å². The van der Waals surface area contributed by atoms with Gasteiger partial charge >= 0.3 is 0 Å². The van der Waals surface area contributed by atoms with E-state index in [1.165, 1.54) is 31.4 Å². The van der Waals surface area contributed by atoms with Gasteiger partial charge in [-0.1, -0.05) is 29.8 Å². The largest absolute Gasteiger partial charge is 0.314 e. The van der Waals surface area contributed by atoms with E-state index in [0.717, 1.165) is 6.04 Å². The first-order valence-electron chi connectivity index (χ1n) is 5.59. The Bertz CT molecular complexity index is 344. The molecule has 0 unspecified atom stereocenters. The van der Waals surface area contributed by atoms with Gasteiger partial charge in [0, 0.05) is 6.04 Å². The zero-order valence-electron chi connectivity index (χ0n) is 8.72. The molecule has 2 heterocycles. The van der Waals surface area contributed by atoms with Crippen molar-refractivity contribution in [1.82, 2.24) is 5.32 Å². The van der Waals surface area contributed by atoms with Gasteiger partial charge in [0.25, 0.3) is 0 Å². The molecule has 4 rings (SSSR count). The molecule has 14 heavy (non-hydrogen) atoms. The molecule has 0 radical (unpaired) electrons. The summed E-state index contributed by atoms with van der Waals surface area (Å²) in [5, 5.41) is 3.56. The minimum Gasteiger partial charge on any atom is -0.314 e. The first-order chi connectivity index (χ1) is 6.78. The highest BCUT2D eigenvalue weighted by Crippen LogP contribution is 2.49. The molecule has 2 aliphatic heterocycles. The molecule has 1 heteroatoms. The van der Waals surface area contributed by atoms with Gasteiger partial charge in [-0.15, -0.1) is 0 Å². The molecule has 2 saturated heterocycles. The van der Waals surface area contributed by atoms with Crippen LogP contribution >= 0.6 is 0 Å². The Hall–Kier alpha value is -0.820. The molecule has 0 aromatic heterocycles. The SMILES string of the molecule is Cc1cccc(C23CCNC(C2)C3)c1. The molecule has 0 atom stereocenters. The molecule has 1 aromatic carbocycles. The lowest BCUT2D eigenvalue weighted by Crippen LogP contribution is -2.58. The van der Waals surface area contributed by atoms with E-state index in [0.29, 0.717) is 5.41 Å². The zero-order chi connectivity index (χ0) is 9.60. The standard InChI is InChI=1S/C13H17N/c1-10-3-2-4-11(7-10)13-5-6-14-12(8-13)9-13/h2-4,7,12,14H,5-6,8-9H2,1H3.